The van der Waals surface area contributed by atoms with Crippen LogP contribution in [0, 0.1) is 6.92 Å². The molecule has 2 aromatic heterocycles. The van der Waals surface area contributed by atoms with E-state index >= 15 is 0 Å². The van der Waals surface area contributed by atoms with Crippen molar-refractivity contribution >= 4 is 11.9 Å². The number of carbonyl (C=O) groups is 1. The Bertz CT molecular complexity index is 660. The number of aryl methyl sites for hydroxylation is 2. The molecular weight excluding hydrogens is 268 g/mol. The topological polar surface area (TPSA) is 89.9 Å². The first-order chi connectivity index (χ1) is 10.1. The Balaban J connectivity index is 1.91. The van der Waals surface area contributed by atoms with Gasteiger partial charge in [-0.05, 0) is 31.4 Å². The second kappa shape index (κ2) is 5.16. The second-order valence-electron chi connectivity index (χ2n) is 5.30. The zero-order valence-corrected chi connectivity index (χ0v) is 12.2. The third-order valence-corrected chi connectivity index (χ3v) is 3.89. The summed E-state index contributed by atoms with van der Waals surface area (Å²) in [6.45, 7) is 2.62. The molecule has 110 valence electrons. The lowest BCUT2D eigenvalue weighted by Gasteiger charge is -2.23. The van der Waals surface area contributed by atoms with Crippen molar-refractivity contribution in [2.24, 2.45) is 7.05 Å². The third-order valence-electron chi connectivity index (χ3n) is 3.89. The van der Waals surface area contributed by atoms with Gasteiger partial charge >= 0.3 is 0 Å². The van der Waals surface area contributed by atoms with E-state index in [4.69, 9.17) is 5.73 Å². The number of hydrogen-bond donors (Lipinski definition) is 1. The summed E-state index contributed by atoms with van der Waals surface area (Å²) in [4.78, 5) is 22.9. The molecule has 3 rings (SSSR count). The number of likely N-dealkylation sites (tertiary alicyclic amines) is 1. The summed E-state index contributed by atoms with van der Waals surface area (Å²) in [5.41, 5.74) is 7.30. The molecule has 0 aliphatic carbocycles. The minimum Gasteiger partial charge on any atom is -0.368 e. The van der Waals surface area contributed by atoms with Gasteiger partial charge in [0.2, 0.25) is 5.95 Å². The highest BCUT2D eigenvalue weighted by molar-refractivity contribution is 5.95. The van der Waals surface area contributed by atoms with Crippen LogP contribution in [0.2, 0.25) is 0 Å². The van der Waals surface area contributed by atoms with Gasteiger partial charge in [0.1, 0.15) is 0 Å². The molecule has 0 spiro atoms. The van der Waals surface area contributed by atoms with Crippen molar-refractivity contribution in [2.75, 3.05) is 12.3 Å². The fourth-order valence-corrected chi connectivity index (χ4v) is 2.68. The standard InChI is InChI=1S/C14H18N6O/c1-9-5-6-16-8-10(9)13(21)20-7-3-4-11(20)12-17-14(15)19(2)18-12/h5-6,8,11H,3-4,7H2,1-2H3,(H2,15,17,18). The normalized spacial score (nSPS) is 18.2. The summed E-state index contributed by atoms with van der Waals surface area (Å²) in [6.07, 6.45) is 5.10. The highest BCUT2D eigenvalue weighted by Crippen LogP contribution is 2.31. The molecule has 1 saturated heterocycles. The van der Waals surface area contributed by atoms with Crippen molar-refractivity contribution in [1.29, 1.82) is 0 Å². The van der Waals surface area contributed by atoms with Gasteiger partial charge in [0.05, 0.1) is 11.6 Å². The Kier molecular flexibility index (Phi) is 3.32. The molecule has 0 aromatic carbocycles. The Morgan fingerprint density at radius 3 is 2.95 bits per heavy atom. The maximum Gasteiger partial charge on any atom is 0.256 e. The van der Waals surface area contributed by atoms with Crippen LogP contribution in [0.3, 0.4) is 0 Å². The van der Waals surface area contributed by atoms with Crippen molar-refractivity contribution < 1.29 is 4.79 Å². The van der Waals surface area contributed by atoms with Crippen LogP contribution in [0.5, 0.6) is 0 Å². The molecular formula is C14H18N6O. The molecule has 0 radical (unpaired) electrons. The molecule has 0 saturated carbocycles. The molecule has 1 aliphatic heterocycles. The van der Waals surface area contributed by atoms with Gasteiger partial charge in [-0.3, -0.25) is 9.78 Å². The fourth-order valence-electron chi connectivity index (χ4n) is 2.68. The molecule has 3 heterocycles. The number of amides is 1. The van der Waals surface area contributed by atoms with Crippen LogP contribution in [0.15, 0.2) is 18.5 Å². The van der Waals surface area contributed by atoms with E-state index in [-0.39, 0.29) is 11.9 Å². The first-order valence-electron chi connectivity index (χ1n) is 6.96. The van der Waals surface area contributed by atoms with Crippen LogP contribution >= 0.6 is 0 Å². The summed E-state index contributed by atoms with van der Waals surface area (Å²) in [6, 6.07) is 1.73. The summed E-state index contributed by atoms with van der Waals surface area (Å²) in [5.74, 6) is 0.957. The van der Waals surface area contributed by atoms with Gasteiger partial charge in [-0.1, -0.05) is 0 Å². The molecule has 21 heavy (non-hydrogen) atoms. The molecule has 1 amide bonds. The van der Waals surface area contributed by atoms with Crippen LogP contribution in [0.25, 0.3) is 0 Å². The van der Waals surface area contributed by atoms with E-state index in [2.05, 4.69) is 15.1 Å². The van der Waals surface area contributed by atoms with E-state index in [0.717, 1.165) is 18.4 Å². The van der Waals surface area contributed by atoms with Crippen molar-refractivity contribution in [1.82, 2.24) is 24.6 Å². The van der Waals surface area contributed by atoms with E-state index in [1.54, 1.807) is 19.4 Å². The summed E-state index contributed by atoms with van der Waals surface area (Å²) >= 11 is 0. The monoisotopic (exact) mass is 286 g/mol. The SMILES string of the molecule is Cc1ccncc1C(=O)N1CCCC1c1nc(N)n(C)n1. The number of carbonyl (C=O) groups excluding carboxylic acids is 1. The zero-order chi connectivity index (χ0) is 15.0. The molecule has 1 fully saturated rings. The van der Waals surface area contributed by atoms with E-state index in [1.165, 1.54) is 4.68 Å². The average molecular weight is 286 g/mol. The first kappa shape index (κ1) is 13.5. The Hall–Kier alpha value is -2.44. The number of nitrogen functional groups attached to an aromatic ring is 1. The van der Waals surface area contributed by atoms with Gasteiger partial charge in [0.25, 0.3) is 5.91 Å². The number of aromatic nitrogens is 4. The van der Waals surface area contributed by atoms with E-state index in [1.807, 2.05) is 17.9 Å². The van der Waals surface area contributed by atoms with Crippen LogP contribution in [0.4, 0.5) is 5.95 Å². The fraction of sp³-hybridized carbons (Fsp3) is 0.429. The molecule has 1 unspecified atom stereocenters. The second-order valence-corrected chi connectivity index (χ2v) is 5.30. The lowest BCUT2D eigenvalue weighted by molar-refractivity contribution is 0.0728. The van der Waals surface area contributed by atoms with Crippen molar-refractivity contribution in [3.8, 4) is 0 Å². The number of pyridine rings is 1. The van der Waals surface area contributed by atoms with Crippen LogP contribution < -0.4 is 5.73 Å². The van der Waals surface area contributed by atoms with Crippen LogP contribution in [-0.2, 0) is 7.05 Å². The lowest BCUT2D eigenvalue weighted by Crippen LogP contribution is -2.31. The Morgan fingerprint density at radius 1 is 1.48 bits per heavy atom. The Labute approximate surface area is 122 Å². The van der Waals surface area contributed by atoms with Crippen molar-refractivity contribution in [3.05, 3.63) is 35.4 Å². The van der Waals surface area contributed by atoms with E-state index in [0.29, 0.717) is 23.9 Å². The smallest absolute Gasteiger partial charge is 0.256 e. The molecule has 7 heteroatoms. The highest BCUT2D eigenvalue weighted by Gasteiger charge is 2.34. The molecule has 2 aromatic rings. The van der Waals surface area contributed by atoms with Crippen molar-refractivity contribution in [2.45, 2.75) is 25.8 Å². The third kappa shape index (κ3) is 2.35. The molecule has 7 nitrogen and oxygen atoms in total. The molecule has 0 bridgehead atoms. The number of rotatable bonds is 2. The predicted octanol–water partition coefficient (Wildman–Crippen LogP) is 1.08. The lowest BCUT2D eigenvalue weighted by atomic mass is 10.1. The van der Waals surface area contributed by atoms with E-state index < -0.39 is 0 Å². The minimum absolute atomic E-state index is 0.0193. The number of hydrogen-bond acceptors (Lipinski definition) is 5. The number of anilines is 1. The molecule has 2 N–H and O–H groups in total. The maximum atomic E-state index is 12.7. The Morgan fingerprint density at radius 2 is 2.29 bits per heavy atom. The van der Waals surface area contributed by atoms with Gasteiger partial charge in [0.15, 0.2) is 5.82 Å². The van der Waals surface area contributed by atoms with Crippen LogP contribution in [0.1, 0.15) is 40.6 Å². The summed E-state index contributed by atoms with van der Waals surface area (Å²) in [7, 11) is 1.75. The predicted molar refractivity (Wildman–Crippen MR) is 77.4 cm³/mol. The van der Waals surface area contributed by atoms with Crippen LogP contribution in [-0.4, -0.2) is 37.1 Å². The van der Waals surface area contributed by atoms with Gasteiger partial charge in [0, 0.05) is 26.0 Å². The maximum absolute atomic E-state index is 12.7. The van der Waals surface area contributed by atoms with Crippen molar-refractivity contribution in [3.63, 3.8) is 0 Å². The number of nitrogens with zero attached hydrogens (tertiary/aromatic N) is 5. The van der Waals surface area contributed by atoms with Gasteiger partial charge in [-0.15, -0.1) is 0 Å². The molecule has 1 aliphatic rings. The summed E-state index contributed by atoms with van der Waals surface area (Å²) < 4.78 is 1.53. The van der Waals surface area contributed by atoms with Gasteiger partial charge in [-0.25, -0.2) is 4.68 Å². The summed E-state index contributed by atoms with van der Waals surface area (Å²) in [5, 5.41) is 4.31. The quantitative estimate of drug-likeness (QED) is 0.892. The molecule has 1 atom stereocenters. The first-order valence-corrected chi connectivity index (χ1v) is 6.96. The minimum atomic E-state index is -0.111. The van der Waals surface area contributed by atoms with E-state index in [9.17, 15) is 4.79 Å². The number of nitrogens with two attached hydrogens (primary N) is 1. The van der Waals surface area contributed by atoms with Gasteiger partial charge in [-0.2, -0.15) is 10.1 Å². The average Bonchev–Trinajstić information content (AvgIpc) is 3.06. The highest BCUT2D eigenvalue weighted by atomic mass is 16.2. The zero-order valence-electron chi connectivity index (χ0n) is 12.2. The largest absolute Gasteiger partial charge is 0.368 e. The van der Waals surface area contributed by atoms with Gasteiger partial charge < -0.3 is 10.6 Å².